The van der Waals surface area contributed by atoms with E-state index in [2.05, 4.69) is 9.97 Å². The van der Waals surface area contributed by atoms with Crippen LogP contribution >= 0.6 is 0 Å². The van der Waals surface area contributed by atoms with E-state index in [0.717, 1.165) is 6.42 Å². The van der Waals surface area contributed by atoms with Gasteiger partial charge in [-0.15, -0.1) is 0 Å². The maximum absolute atomic E-state index is 11.2. The van der Waals surface area contributed by atoms with Gasteiger partial charge in [0.2, 0.25) is 0 Å². The van der Waals surface area contributed by atoms with Gasteiger partial charge in [0.1, 0.15) is 11.6 Å². The third kappa shape index (κ3) is 2.85. The lowest BCUT2D eigenvalue weighted by molar-refractivity contribution is 0.772. The van der Waals surface area contributed by atoms with Gasteiger partial charge in [0.05, 0.1) is 0 Å². The largest absolute Gasteiger partial charge is 0.363 e. The lowest BCUT2D eigenvalue weighted by atomic mass is 10.3. The Morgan fingerprint density at radius 1 is 1.57 bits per heavy atom. The third-order valence-electron chi connectivity index (χ3n) is 1.85. The predicted octanol–water partition coefficient (Wildman–Crippen LogP) is -0.273. The highest BCUT2D eigenvalue weighted by atomic mass is 16.1. The molecule has 1 aromatic rings. The second-order valence-corrected chi connectivity index (χ2v) is 3.34. The highest BCUT2D eigenvalue weighted by Gasteiger charge is 2.02. The van der Waals surface area contributed by atoms with Crippen molar-refractivity contribution < 1.29 is 0 Å². The standard InChI is InChI=1S/C9H16N4O/c1-13(2)8-6-9(14)12-7(11-8)4-3-5-10/h6H,3-5,10H2,1-2H3,(H,11,12,14). The van der Waals surface area contributed by atoms with E-state index in [0.29, 0.717) is 24.6 Å². The zero-order valence-electron chi connectivity index (χ0n) is 8.58. The maximum Gasteiger partial charge on any atom is 0.252 e. The molecule has 0 aliphatic rings. The number of rotatable bonds is 4. The summed E-state index contributed by atoms with van der Waals surface area (Å²) in [7, 11) is 3.71. The molecule has 0 fully saturated rings. The first kappa shape index (κ1) is 10.7. The number of aromatic amines is 1. The normalized spacial score (nSPS) is 10.2. The van der Waals surface area contributed by atoms with Crippen LogP contribution in [0.5, 0.6) is 0 Å². The molecule has 0 aliphatic heterocycles. The molecule has 0 saturated carbocycles. The Labute approximate surface area is 83.0 Å². The molecule has 0 saturated heterocycles. The van der Waals surface area contributed by atoms with Crippen LogP contribution in [0.1, 0.15) is 12.2 Å². The van der Waals surface area contributed by atoms with Crippen LogP contribution in [-0.4, -0.2) is 30.6 Å². The Bertz CT molecular complexity index is 345. The monoisotopic (exact) mass is 196 g/mol. The van der Waals surface area contributed by atoms with Gasteiger partial charge in [-0.2, -0.15) is 0 Å². The van der Waals surface area contributed by atoms with E-state index in [-0.39, 0.29) is 5.56 Å². The molecule has 3 N–H and O–H groups in total. The second-order valence-electron chi connectivity index (χ2n) is 3.34. The smallest absolute Gasteiger partial charge is 0.252 e. The lowest BCUT2D eigenvalue weighted by Crippen LogP contribution is -2.18. The number of hydrogen-bond donors (Lipinski definition) is 2. The Kier molecular flexibility index (Phi) is 3.64. The zero-order chi connectivity index (χ0) is 10.6. The Balaban J connectivity index is 2.90. The molecule has 0 spiro atoms. The van der Waals surface area contributed by atoms with Crippen LogP contribution in [0.25, 0.3) is 0 Å². The van der Waals surface area contributed by atoms with Crippen LogP contribution in [0.2, 0.25) is 0 Å². The van der Waals surface area contributed by atoms with Crippen molar-refractivity contribution >= 4 is 5.82 Å². The van der Waals surface area contributed by atoms with Crippen LogP contribution in [0.15, 0.2) is 10.9 Å². The van der Waals surface area contributed by atoms with Gasteiger partial charge in [0.25, 0.3) is 5.56 Å². The van der Waals surface area contributed by atoms with Gasteiger partial charge in [-0.3, -0.25) is 4.79 Å². The topological polar surface area (TPSA) is 75.0 Å². The van der Waals surface area contributed by atoms with Crippen molar-refractivity contribution in [1.82, 2.24) is 9.97 Å². The van der Waals surface area contributed by atoms with Gasteiger partial charge in [0, 0.05) is 26.6 Å². The molecule has 0 aromatic carbocycles. The molecule has 1 heterocycles. The van der Waals surface area contributed by atoms with Crippen molar-refractivity contribution in [3.05, 3.63) is 22.2 Å². The highest BCUT2D eigenvalue weighted by Crippen LogP contribution is 2.03. The van der Waals surface area contributed by atoms with Crippen molar-refractivity contribution in [1.29, 1.82) is 0 Å². The fraction of sp³-hybridized carbons (Fsp3) is 0.556. The van der Waals surface area contributed by atoms with Crippen LogP contribution in [0, 0.1) is 0 Å². The van der Waals surface area contributed by atoms with Gasteiger partial charge >= 0.3 is 0 Å². The summed E-state index contributed by atoms with van der Waals surface area (Å²) in [5.74, 6) is 1.38. The van der Waals surface area contributed by atoms with E-state index in [1.54, 1.807) is 4.90 Å². The first-order valence-corrected chi connectivity index (χ1v) is 4.61. The van der Waals surface area contributed by atoms with Gasteiger partial charge in [-0.05, 0) is 13.0 Å². The number of nitrogens with two attached hydrogens (primary N) is 1. The summed E-state index contributed by atoms with van der Waals surface area (Å²) < 4.78 is 0. The molecule has 0 amide bonds. The average Bonchev–Trinajstić information content (AvgIpc) is 2.14. The van der Waals surface area contributed by atoms with E-state index < -0.39 is 0 Å². The summed E-state index contributed by atoms with van der Waals surface area (Å²) in [6.07, 6.45) is 1.55. The molecule has 78 valence electrons. The third-order valence-corrected chi connectivity index (χ3v) is 1.85. The molecule has 0 aliphatic carbocycles. The summed E-state index contributed by atoms with van der Waals surface area (Å²) in [5.41, 5.74) is 5.27. The Morgan fingerprint density at radius 2 is 2.29 bits per heavy atom. The van der Waals surface area contributed by atoms with E-state index >= 15 is 0 Å². The average molecular weight is 196 g/mol. The maximum atomic E-state index is 11.2. The molecular weight excluding hydrogens is 180 g/mol. The molecule has 0 bridgehead atoms. The van der Waals surface area contributed by atoms with Gasteiger partial charge in [-0.1, -0.05) is 0 Å². The molecule has 5 nitrogen and oxygen atoms in total. The van der Waals surface area contributed by atoms with Crippen LogP contribution in [-0.2, 0) is 6.42 Å². The minimum Gasteiger partial charge on any atom is -0.363 e. The summed E-state index contributed by atoms with van der Waals surface area (Å²) in [4.78, 5) is 20.0. The minimum atomic E-state index is -0.115. The molecular formula is C9H16N4O. The zero-order valence-corrected chi connectivity index (χ0v) is 8.58. The van der Waals surface area contributed by atoms with Crippen molar-refractivity contribution in [2.45, 2.75) is 12.8 Å². The predicted molar refractivity (Wildman–Crippen MR) is 56.6 cm³/mol. The number of anilines is 1. The van der Waals surface area contributed by atoms with Crippen LogP contribution in [0.3, 0.4) is 0 Å². The summed E-state index contributed by atoms with van der Waals surface area (Å²) in [6.45, 7) is 0.607. The lowest BCUT2D eigenvalue weighted by Gasteiger charge is -2.11. The number of hydrogen-bond acceptors (Lipinski definition) is 4. The van der Waals surface area contributed by atoms with E-state index in [1.165, 1.54) is 6.07 Å². The molecule has 0 radical (unpaired) electrons. The van der Waals surface area contributed by atoms with Crippen LogP contribution < -0.4 is 16.2 Å². The Morgan fingerprint density at radius 3 is 2.86 bits per heavy atom. The molecule has 0 atom stereocenters. The minimum absolute atomic E-state index is 0.115. The van der Waals surface area contributed by atoms with Gasteiger partial charge in [-0.25, -0.2) is 4.98 Å². The van der Waals surface area contributed by atoms with Gasteiger partial charge < -0.3 is 15.6 Å². The summed E-state index contributed by atoms with van der Waals surface area (Å²) in [5, 5.41) is 0. The van der Waals surface area contributed by atoms with E-state index in [1.807, 2.05) is 14.1 Å². The number of aromatic nitrogens is 2. The number of nitrogens with one attached hydrogen (secondary N) is 1. The van der Waals surface area contributed by atoms with Crippen molar-refractivity contribution in [2.75, 3.05) is 25.5 Å². The molecule has 5 heteroatoms. The SMILES string of the molecule is CN(C)c1cc(=O)[nH]c(CCCN)n1. The summed E-state index contributed by atoms with van der Waals surface area (Å²) in [6, 6.07) is 1.48. The molecule has 14 heavy (non-hydrogen) atoms. The van der Waals surface area contributed by atoms with Crippen molar-refractivity contribution in [3.8, 4) is 0 Å². The van der Waals surface area contributed by atoms with Crippen molar-refractivity contribution in [2.24, 2.45) is 5.73 Å². The number of nitrogens with zero attached hydrogens (tertiary/aromatic N) is 2. The van der Waals surface area contributed by atoms with Crippen molar-refractivity contribution in [3.63, 3.8) is 0 Å². The quantitative estimate of drug-likeness (QED) is 0.695. The second kappa shape index (κ2) is 4.76. The summed E-state index contributed by atoms with van der Waals surface area (Å²) >= 11 is 0. The fourth-order valence-corrected chi connectivity index (χ4v) is 1.11. The molecule has 1 aromatic heterocycles. The molecule has 0 unspecified atom stereocenters. The van der Waals surface area contributed by atoms with E-state index in [4.69, 9.17) is 5.73 Å². The van der Waals surface area contributed by atoms with E-state index in [9.17, 15) is 4.79 Å². The number of aryl methyl sites for hydroxylation is 1. The fourth-order valence-electron chi connectivity index (χ4n) is 1.11. The first-order chi connectivity index (χ1) is 6.63. The Hall–Kier alpha value is -1.36. The number of H-pyrrole nitrogens is 1. The molecule has 1 rings (SSSR count). The van der Waals surface area contributed by atoms with Gasteiger partial charge in [0.15, 0.2) is 0 Å². The first-order valence-electron chi connectivity index (χ1n) is 4.61. The van der Waals surface area contributed by atoms with Crippen LogP contribution in [0.4, 0.5) is 5.82 Å². The highest BCUT2D eigenvalue weighted by molar-refractivity contribution is 5.34.